The van der Waals surface area contributed by atoms with Gasteiger partial charge in [-0.1, -0.05) is 33.6 Å². The molecule has 3 heteroatoms. The molecule has 0 aliphatic heterocycles. The molecule has 1 aromatic rings. The van der Waals surface area contributed by atoms with Crippen molar-refractivity contribution in [1.82, 2.24) is 5.32 Å². The van der Waals surface area contributed by atoms with Crippen molar-refractivity contribution in [3.8, 4) is 5.75 Å². The minimum atomic E-state index is 0.188. The van der Waals surface area contributed by atoms with Gasteiger partial charge in [-0.15, -0.1) is 0 Å². The first kappa shape index (κ1) is 13.3. The molecule has 88 valence electrons. The van der Waals surface area contributed by atoms with Gasteiger partial charge >= 0.3 is 0 Å². The van der Waals surface area contributed by atoms with Crippen molar-refractivity contribution in [3.63, 3.8) is 0 Å². The van der Waals surface area contributed by atoms with Crippen LogP contribution >= 0.6 is 15.9 Å². The van der Waals surface area contributed by atoms with Crippen molar-refractivity contribution in [1.29, 1.82) is 0 Å². The molecule has 0 aliphatic rings. The summed E-state index contributed by atoms with van der Waals surface area (Å²) in [6, 6.07) is 6.27. The van der Waals surface area contributed by atoms with Crippen LogP contribution in [0, 0.1) is 0 Å². The quantitative estimate of drug-likeness (QED) is 0.851. The summed E-state index contributed by atoms with van der Waals surface area (Å²) in [6.07, 6.45) is 2.19. The van der Waals surface area contributed by atoms with Crippen molar-refractivity contribution >= 4 is 15.9 Å². The molecule has 0 bridgehead atoms. The van der Waals surface area contributed by atoms with Gasteiger partial charge in [-0.2, -0.15) is 0 Å². The van der Waals surface area contributed by atoms with E-state index in [1.807, 2.05) is 19.2 Å². The van der Waals surface area contributed by atoms with E-state index in [2.05, 4.69) is 47.2 Å². The largest absolute Gasteiger partial charge is 0.496 e. The second-order valence-electron chi connectivity index (χ2n) is 3.90. The van der Waals surface area contributed by atoms with Crippen molar-refractivity contribution < 1.29 is 4.74 Å². The molecule has 1 rings (SSSR count). The van der Waals surface area contributed by atoms with Crippen LogP contribution in [0.5, 0.6) is 5.75 Å². The fourth-order valence-corrected chi connectivity index (χ4v) is 1.94. The van der Waals surface area contributed by atoms with Gasteiger partial charge in [0.25, 0.3) is 0 Å². The van der Waals surface area contributed by atoms with Gasteiger partial charge in [-0.3, -0.25) is 0 Å². The van der Waals surface area contributed by atoms with Crippen molar-refractivity contribution in [2.24, 2.45) is 0 Å². The summed E-state index contributed by atoms with van der Waals surface area (Å²) in [6.45, 7) is 4.19. The Hall–Kier alpha value is -0.800. The number of nitrogens with one attached hydrogen (secondary N) is 1. The van der Waals surface area contributed by atoms with E-state index in [0.29, 0.717) is 0 Å². The van der Waals surface area contributed by atoms with Crippen LogP contribution in [0.15, 0.2) is 34.3 Å². The van der Waals surface area contributed by atoms with E-state index >= 15 is 0 Å². The predicted octanol–water partition coefficient (Wildman–Crippen LogP) is 3.68. The Morgan fingerprint density at radius 3 is 2.62 bits per heavy atom. The molecule has 0 fully saturated rings. The van der Waals surface area contributed by atoms with Crippen molar-refractivity contribution in [2.45, 2.75) is 19.9 Å². The van der Waals surface area contributed by atoms with Crippen molar-refractivity contribution in [3.05, 3.63) is 39.9 Å². The van der Waals surface area contributed by atoms with E-state index in [9.17, 15) is 0 Å². The topological polar surface area (TPSA) is 21.3 Å². The van der Waals surface area contributed by atoms with E-state index in [1.165, 1.54) is 5.57 Å². The number of methoxy groups -OCH3 is 1. The standard InChI is InChI=1S/C13H18BrNO/c1-9(2)7-12(15-3)11-6-5-10(14)8-13(11)16-4/h5-8,12,15H,1-4H3. The van der Waals surface area contributed by atoms with Gasteiger partial charge in [0.15, 0.2) is 0 Å². The molecular weight excluding hydrogens is 266 g/mol. The van der Waals surface area contributed by atoms with Gasteiger partial charge in [0.2, 0.25) is 0 Å². The first-order chi connectivity index (χ1) is 7.58. The fraction of sp³-hybridized carbons (Fsp3) is 0.385. The lowest BCUT2D eigenvalue weighted by Crippen LogP contribution is -2.15. The number of hydrogen-bond donors (Lipinski definition) is 1. The minimum Gasteiger partial charge on any atom is -0.496 e. The Bertz CT molecular complexity index is 384. The number of ether oxygens (including phenoxy) is 1. The average Bonchev–Trinajstić information content (AvgIpc) is 2.25. The minimum absolute atomic E-state index is 0.188. The highest BCUT2D eigenvalue weighted by atomic mass is 79.9. The lowest BCUT2D eigenvalue weighted by Gasteiger charge is -2.17. The molecule has 0 saturated heterocycles. The number of halogens is 1. The maximum atomic E-state index is 5.39. The van der Waals surface area contributed by atoms with Crippen LogP contribution in [0.1, 0.15) is 25.5 Å². The summed E-state index contributed by atoms with van der Waals surface area (Å²) < 4.78 is 6.42. The summed E-state index contributed by atoms with van der Waals surface area (Å²) in [7, 11) is 3.64. The average molecular weight is 284 g/mol. The number of hydrogen-bond acceptors (Lipinski definition) is 2. The molecule has 2 nitrogen and oxygen atoms in total. The third-order valence-electron chi connectivity index (χ3n) is 2.34. The lowest BCUT2D eigenvalue weighted by atomic mass is 10.0. The highest BCUT2D eigenvalue weighted by Crippen LogP contribution is 2.29. The zero-order chi connectivity index (χ0) is 12.1. The smallest absolute Gasteiger partial charge is 0.125 e. The lowest BCUT2D eigenvalue weighted by molar-refractivity contribution is 0.405. The Morgan fingerprint density at radius 1 is 1.44 bits per heavy atom. The van der Waals surface area contributed by atoms with Gasteiger partial charge in [0.1, 0.15) is 5.75 Å². The van der Waals surface area contributed by atoms with Gasteiger partial charge in [-0.05, 0) is 33.0 Å². The van der Waals surface area contributed by atoms with Crippen LogP contribution < -0.4 is 10.1 Å². The number of allylic oxidation sites excluding steroid dienone is 1. The van der Waals surface area contributed by atoms with Gasteiger partial charge in [-0.25, -0.2) is 0 Å². The van der Waals surface area contributed by atoms with Crippen LogP contribution in [0.2, 0.25) is 0 Å². The summed E-state index contributed by atoms with van der Waals surface area (Å²) in [5.41, 5.74) is 2.43. The Morgan fingerprint density at radius 2 is 2.12 bits per heavy atom. The van der Waals surface area contributed by atoms with E-state index in [-0.39, 0.29) is 6.04 Å². The maximum Gasteiger partial charge on any atom is 0.125 e. The number of benzene rings is 1. The van der Waals surface area contributed by atoms with E-state index in [0.717, 1.165) is 15.8 Å². The monoisotopic (exact) mass is 283 g/mol. The van der Waals surface area contributed by atoms with E-state index < -0.39 is 0 Å². The van der Waals surface area contributed by atoms with Crippen LogP contribution in [0.4, 0.5) is 0 Å². The first-order valence-corrected chi connectivity index (χ1v) is 6.03. The van der Waals surface area contributed by atoms with Gasteiger partial charge < -0.3 is 10.1 Å². The molecular formula is C13H18BrNO. The highest BCUT2D eigenvalue weighted by molar-refractivity contribution is 9.10. The number of likely N-dealkylation sites (N-methyl/N-ethyl adjacent to an activating group) is 1. The molecule has 16 heavy (non-hydrogen) atoms. The molecule has 0 spiro atoms. The normalized spacial score (nSPS) is 12.1. The van der Waals surface area contributed by atoms with Crippen molar-refractivity contribution in [2.75, 3.05) is 14.2 Å². The summed E-state index contributed by atoms with van der Waals surface area (Å²) in [4.78, 5) is 0. The zero-order valence-electron chi connectivity index (χ0n) is 10.2. The summed E-state index contributed by atoms with van der Waals surface area (Å²) in [5.74, 6) is 0.895. The van der Waals surface area contributed by atoms with Crippen LogP contribution in [0.25, 0.3) is 0 Å². The van der Waals surface area contributed by atoms with Crippen LogP contribution in [-0.4, -0.2) is 14.2 Å². The molecule has 1 aromatic carbocycles. The van der Waals surface area contributed by atoms with Gasteiger partial charge in [0.05, 0.1) is 13.2 Å². The molecule has 1 N–H and O–H groups in total. The Kier molecular flexibility index (Phi) is 5.03. The molecule has 0 aromatic heterocycles. The summed E-state index contributed by atoms with van der Waals surface area (Å²) in [5, 5.41) is 3.27. The molecule has 0 amide bonds. The first-order valence-electron chi connectivity index (χ1n) is 5.24. The maximum absolute atomic E-state index is 5.39. The third-order valence-corrected chi connectivity index (χ3v) is 2.83. The zero-order valence-corrected chi connectivity index (χ0v) is 11.8. The van der Waals surface area contributed by atoms with Crippen LogP contribution in [0.3, 0.4) is 0 Å². The molecule has 0 aliphatic carbocycles. The fourth-order valence-electron chi connectivity index (χ4n) is 1.60. The molecule has 0 radical (unpaired) electrons. The Balaban J connectivity index is 3.14. The second kappa shape index (κ2) is 6.06. The van der Waals surface area contributed by atoms with E-state index in [4.69, 9.17) is 4.74 Å². The third kappa shape index (κ3) is 3.35. The summed E-state index contributed by atoms with van der Waals surface area (Å²) >= 11 is 3.44. The van der Waals surface area contributed by atoms with Crippen LogP contribution in [-0.2, 0) is 0 Å². The predicted molar refractivity (Wildman–Crippen MR) is 71.9 cm³/mol. The second-order valence-corrected chi connectivity index (χ2v) is 4.81. The Labute approximate surface area is 106 Å². The number of rotatable bonds is 4. The molecule has 1 atom stereocenters. The molecule has 1 unspecified atom stereocenters. The SMILES string of the molecule is CNC(C=C(C)C)c1ccc(Br)cc1OC. The van der Waals surface area contributed by atoms with Gasteiger partial charge in [0, 0.05) is 10.0 Å². The molecule has 0 heterocycles. The highest BCUT2D eigenvalue weighted by Gasteiger charge is 2.11. The van der Waals surface area contributed by atoms with E-state index in [1.54, 1.807) is 7.11 Å². The molecule has 0 saturated carbocycles.